The number of carboxylic acid groups (broad SMARTS) is 2. The van der Waals surface area contributed by atoms with Gasteiger partial charge in [-0.05, 0) is 69.8 Å². The Morgan fingerprint density at radius 1 is 0.475 bits per heavy atom. The fourth-order valence-corrected chi connectivity index (χ4v) is 5.43. The summed E-state index contributed by atoms with van der Waals surface area (Å²) in [7, 11) is 0. The van der Waals surface area contributed by atoms with Crippen LogP contribution < -0.4 is 0 Å². The van der Waals surface area contributed by atoms with Gasteiger partial charge in [-0.1, -0.05) is 24.3 Å². The zero-order chi connectivity index (χ0) is 28.6. The molecule has 0 amide bonds. The highest BCUT2D eigenvalue weighted by molar-refractivity contribution is 6.29. The number of ketones is 2. The third-order valence-corrected chi connectivity index (χ3v) is 7.05. The number of phenolic OH excluding ortho intramolecular Hbond substituents is 4. The Balaban J connectivity index is 1.91. The first-order chi connectivity index (χ1) is 19.0. The van der Waals surface area contributed by atoms with Crippen LogP contribution >= 0.6 is 0 Å². The van der Waals surface area contributed by atoms with Gasteiger partial charge >= 0.3 is 11.9 Å². The minimum absolute atomic E-state index is 0.0569. The summed E-state index contributed by atoms with van der Waals surface area (Å²) in [5.74, 6) is -6.69. The maximum absolute atomic E-state index is 13.6. The SMILES string of the molecule is O=C(O)c1cc(O)c2c(c1)C(=C1c3cccc(O)c3C(=O)c3c(O)cc(C(=O)O)cc31)c1cccc(O)c1C2=O. The zero-order valence-electron chi connectivity index (χ0n) is 20.1. The summed E-state index contributed by atoms with van der Waals surface area (Å²) in [6.45, 7) is 0. The molecule has 10 heteroatoms. The number of carbonyl (C=O) groups excluding carboxylic acids is 2. The van der Waals surface area contributed by atoms with E-state index < -0.39 is 46.5 Å². The fourth-order valence-electron chi connectivity index (χ4n) is 5.43. The Bertz CT molecular complexity index is 1790. The van der Waals surface area contributed by atoms with Crippen molar-refractivity contribution in [3.8, 4) is 23.0 Å². The number of hydrogen-bond donors (Lipinski definition) is 6. The van der Waals surface area contributed by atoms with Crippen LogP contribution in [0.25, 0.3) is 11.1 Å². The Morgan fingerprint density at radius 3 is 1.18 bits per heavy atom. The highest BCUT2D eigenvalue weighted by atomic mass is 16.4. The number of aromatic carboxylic acids is 2. The molecule has 0 spiro atoms. The first kappa shape index (κ1) is 24.4. The van der Waals surface area contributed by atoms with Crippen molar-refractivity contribution in [2.75, 3.05) is 0 Å². The number of carbonyl (C=O) groups is 4. The van der Waals surface area contributed by atoms with E-state index in [1.165, 1.54) is 36.4 Å². The lowest BCUT2D eigenvalue weighted by Crippen LogP contribution is -2.21. The minimum atomic E-state index is -1.42. The van der Waals surface area contributed by atoms with Gasteiger partial charge < -0.3 is 30.6 Å². The van der Waals surface area contributed by atoms with Crippen LogP contribution in [0.1, 0.15) is 74.8 Å². The van der Waals surface area contributed by atoms with Crippen molar-refractivity contribution in [3.05, 3.63) is 116 Å². The fraction of sp³-hybridized carbons (Fsp3) is 0. The van der Waals surface area contributed by atoms with Crippen LogP contribution in [-0.4, -0.2) is 54.1 Å². The molecule has 0 radical (unpaired) electrons. The second kappa shape index (κ2) is 8.30. The van der Waals surface area contributed by atoms with Gasteiger partial charge in [-0.2, -0.15) is 0 Å². The van der Waals surface area contributed by atoms with Gasteiger partial charge in [-0.3, -0.25) is 9.59 Å². The molecule has 40 heavy (non-hydrogen) atoms. The molecule has 0 bridgehead atoms. The number of phenols is 4. The van der Waals surface area contributed by atoms with Gasteiger partial charge in [0.2, 0.25) is 11.6 Å². The van der Waals surface area contributed by atoms with Gasteiger partial charge in [0, 0.05) is 0 Å². The Kier molecular flexibility index (Phi) is 5.07. The van der Waals surface area contributed by atoms with E-state index in [0.717, 1.165) is 24.3 Å². The van der Waals surface area contributed by atoms with Gasteiger partial charge in [0.1, 0.15) is 23.0 Å². The molecule has 0 aliphatic heterocycles. The van der Waals surface area contributed by atoms with Crippen LogP contribution in [0, 0.1) is 0 Å². The third kappa shape index (κ3) is 3.23. The molecule has 4 aromatic carbocycles. The van der Waals surface area contributed by atoms with E-state index in [4.69, 9.17) is 0 Å². The Labute approximate surface area is 224 Å². The quantitative estimate of drug-likeness (QED) is 0.189. The molecule has 2 aliphatic rings. The highest BCUT2D eigenvalue weighted by Crippen LogP contribution is 2.51. The number of benzene rings is 4. The molecule has 0 heterocycles. The van der Waals surface area contributed by atoms with E-state index in [9.17, 15) is 49.8 Å². The van der Waals surface area contributed by atoms with Crippen LogP contribution in [0.2, 0.25) is 0 Å². The molecule has 0 saturated heterocycles. The lowest BCUT2D eigenvalue weighted by atomic mass is 9.71. The number of aromatic hydroxyl groups is 4. The van der Waals surface area contributed by atoms with Crippen LogP contribution in [0.5, 0.6) is 23.0 Å². The molecule has 0 atom stereocenters. The smallest absolute Gasteiger partial charge is 0.335 e. The summed E-state index contributed by atoms with van der Waals surface area (Å²) >= 11 is 0. The van der Waals surface area contributed by atoms with Crippen LogP contribution in [0.4, 0.5) is 0 Å². The summed E-state index contributed by atoms with van der Waals surface area (Å²) in [6.07, 6.45) is 0. The van der Waals surface area contributed by atoms with E-state index >= 15 is 0 Å². The van der Waals surface area contributed by atoms with Gasteiger partial charge in [0.25, 0.3) is 0 Å². The normalized spacial score (nSPS) is 15.1. The molecule has 0 fully saturated rings. The maximum atomic E-state index is 13.6. The summed E-state index contributed by atoms with van der Waals surface area (Å²) in [6, 6.07) is 12.3. The third-order valence-electron chi connectivity index (χ3n) is 7.05. The topological polar surface area (TPSA) is 190 Å². The van der Waals surface area contributed by atoms with Crippen molar-refractivity contribution in [3.63, 3.8) is 0 Å². The van der Waals surface area contributed by atoms with Crippen molar-refractivity contribution < 1.29 is 49.8 Å². The van der Waals surface area contributed by atoms with Crippen molar-refractivity contribution in [2.45, 2.75) is 0 Å². The Morgan fingerprint density at radius 2 is 0.825 bits per heavy atom. The summed E-state index contributed by atoms with van der Waals surface area (Å²) in [5.41, 5.74) is -1.75. The van der Waals surface area contributed by atoms with E-state index in [0.29, 0.717) is 0 Å². The van der Waals surface area contributed by atoms with E-state index in [1.54, 1.807) is 0 Å². The predicted molar refractivity (Wildman–Crippen MR) is 138 cm³/mol. The van der Waals surface area contributed by atoms with Gasteiger partial charge in [0.05, 0.1) is 33.4 Å². The molecule has 2 aliphatic carbocycles. The molecule has 0 saturated carbocycles. The minimum Gasteiger partial charge on any atom is -0.507 e. The van der Waals surface area contributed by atoms with Gasteiger partial charge in [0.15, 0.2) is 0 Å². The van der Waals surface area contributed by atoms with Crippen LogP contribution in [-0.2, 0) is 0 Å². The standard InChI is InChI=1S/C30H16O10/c31-17-5-1-3-13-21(15-7-11(29(37)38)9-19(33)25(15)27(35)23(13)17)22-14-4-2-6-18(32)24(14)28(36)26-16(22)8-12(30(39)40)10-20(26)34/h1-10,31-34H,(H,37,38)(H,39,40). The predicted octanol–water partition coefficient (Wildman–Crippen LogP) is 4.00. The van der Waals surface area contributed by atoms with Crippen LogP contribution in [0.15, 0.2) is 60.7 Å². The molecule has 6 N–H and O–H groups in total. The lowest BCUT2D eigenvalue weighted by molar-refractivity contribution is 0.0685. The van der Waals surface area contributed by atoms with E-state index in [2.05, 4.69) is 0 Å². The average molecular weight is 536 g/mol. The second-order valence-corrected chi connectivity index (χ2v) is 9.25. The van der Waals surface area contributed by atoms with E-state index in [-0.39, 0.29) is 66.8 Å². The van der Waals surface area contributed by atoms with Crippen molar-refractivity contribution in [1.29, 1.82) is 0 Å². The van der Waals surface area contributed by atoms with Crippen molar-refractivity contribution in [1.82, 2.24) is 0 Å². The van der Waals surface area contributed by atoms with Gasteiger partial charge in [-0.15, -0.1) is 0 Å². The molecule has 0 unspecified atom stereocenters. The van der Waals surface area contributed by atoms with Crippen molar-refractivity contribution >= 4 is 34.7 Å². The van der Waals surface area contributed by atoms with Crippen LogP contribution in [0.3, 0.4) is 0 Å². The summed E-state index contributed by atoms with van der Waals surface area (Å²) < 4.78 is 0. The maximum Gasteiger partial charge on any atom is 0.335 e. The molecule has 6 rings (SSSR count). The van der Waals surface area contributed by atoms with E-state index in [1.807, 2.05) is 0 Å². The van der Waals surface area contributed by atoms with Crippen molar-refractivity contribution in [2.24, 2.45) is 0 Å². The number of rotatable bonds is 2. The second-order valence-electron chi connectivity index (χ2n) is 9.25. The molecule has 10 nitrogen and oxygen atoms in total. The number of carboxylic acids is 2. The summed E-state index contributed by atoms with van der Waals surface area (Å²) in [5, 5.41) is 62.5. The summed E-state index contributed by atoms with van der Waals surface area (Å²) in [4.78, 5) is 51.0. The highest BCUT2D eigenvalue weighted by Gasteiger charge is 2.39. The molecule has 196 valence electrons. The average Bonchev–Trinajstić information content (AvgIpc) is 2.89. The lowest BCUT2D eigenvalue weighted by Gasteiger charge is -2.30. The number of fused-ring (bicyclic) bond motifs is 4. The molecular weight excluding hydrogens is 520 g/mol. The first-order valence-electron chi connectivity index (χ1n) is 11.7. The number of hydrogen-bond acceptors (Lipinski definition) is 8. The molecular formula is C30H16O10. The Hall–Kier alpha value is -5.90. The first-order valence-corrected chi connectivity index (χ1v) is 11.7. The van der Waals surface area contributed by atoms with Gasteiger partial charge in [-0.25, -0.2) is 9.59 Å². The molecule has 4 aromatic rings. The molecule has 0 aromatic heterocycles. The zero-order valence-corrected chi connectivity index (χ0v) is 20.1. The largest absolute Gasteiger partial charge is 0.507 e. The monoisotopic (exact) mass is 536 g/mol.